The number of halogens is 1. The van der Waals surface area contributed by atoms with E-state index in [0.29, 0.717) is 11.3 Å². The number of nitrogens with one attached hydrogen (secondary N) is 1. The molecule has 236 valence electrons. The molecule has 1 fully saturated rings. The maximum atomic E-state index is 14.2. The van der Waals surface area contributed by atoms with E-state index in [1.807, 2.05) is 6.92 Å². The molecule has 3 aromatic rings. The van der Waals surface area contributed by atoms with Gasteiger partial charge in [0.05, 0.1) is 24.8 Å². The van der Waals surface area contributed by atoms with Crippen LogP contribution in [-0.2, 0) is 26.2 Å². The van der Waals surface area contributed by atoms with Crippen molar-refractivity contribution in [2.45, 2.75) is 69.5 Å². The first-order valence-corrected chi connectivity index (χ1v) is 16.1. The molecule has 1 aliphatic rings. The number of ether oxygens (including phenoxy) is 2. The third kappa shape index (κ3) is 7.88. The van der Waals surface area contributed by atoms with E-state index in [2.05, 4.69) is 5.32 Å². The molecule has 0 aliphatic heterocycles. The molecule has 11 heteroatoms. The van der Waals surface area contributed by atoms with Crippen LogP contribution in [0, 0.1) is 12.7 Å². The van der Waals surface area contributed by atoms with Crippen LogP contribution < -0.4 is 19.1 Å². The van der Waals surface area contributed by atoms with Crippen molar-refractivity contribution in [3.8, 4) is 11.5 Å². The fourth-order valence-electron chi connectivity index (χ4n) is 5.28. The summed E-state index contributed by atoms with van der Waals surface area (Å²) >= 11 is 0. The van der Waals surface area contributed by atoms with Gasteiger partial charge in [-0.15, -0.1) is 0 Å². The van der Waals surface area contributed by atoms with Crippen LogP contribution in [0.3, 0.4) is 0 Å². The lowest BCUT2D eigenvalue weighted by molar-refractivity contribution is -0.139. The third-order valence-corrected chi connectivity index (χ3v) is 9.72. The molecule has 9 nitrogen and oxygen atoms in total. The Kier molecular flexibility index (Phi) is 10.9. The highest BCUT2D eigenvalue weighted by molar-refractivity contribution is 7.92. The predicted octanol–water partition coefficient (Wildman–Crippen LogP) is 5.21. The minimum atomic E-state index is -4.25. The quantitative estimate of drug-likeness (QED) is 0.296. The summed E-state index contributed by atoms with van der Waals surface area (Å²) in [4.78, 5) is 28.9. The number of hydrogen-bond acceptors (Lipinski definition) is 6. The summed E-state index contributed by atoms with van der Waals surface area (Å²) in [5.74, 6) is -0.692. The van der Waals surface area contributed by atoms with Crippen molar-refractivity contribution in [2.24, 2.45) is 0 Å². The van der Waals surface area contributed by atoms with Crippen LogP contribution in [-0.4, -0.2) is 58.0 Å². The molecule has 0 aromatic heterocycles. The zero-order valence-corrected chi connectivity index (χ0v) is 26.4. The van der Waals surface area contributed by atoms with Crippen molar-refractivity contribution >= 4 is 27.5 Å². The van der Waals surface area contributed by atoms with Gasteiger partial charge in [-0.05, 0) is 68.7 Å². The number of aryl methyl sites for hydroxylation is 1. The highest BCUT2D eigenvalue weighted by Crippen LogP contribution is 2.34. The second-order valence-electron chi connectivity index (χ2n) is 11.0. The van der Waals surface area contributed by atoms with Gasteiger partial charge in [0.25, 0.3) is 10.0 Å². The molecule has 4 rings (SSSR count). The fourth-order valence-corrected chi connectivity index (χ4v) is 6.69. The molecular weight excluding hydrogens is 585 g/mol. The van der Waals surface area contributed by atoms with E-state index in [4.69, 9.17) is 9.47 Å². The van der Waals surface area contributed by atoms with Gasteiger partial charge in [-0.2, -0.15) is 0 Å². The molecule has 0 saturated heterocycles. The average molecular weight is 626 g/mol. The van der Waals surface area contributed by atoms with Gasteiger partial charge in [0.1, 0.15) is 18.4 Å². The van der Waals surface area contributed by atoms with Crippen LogP contribution in [0.5, 0.6) is 11.5 Å². The number of hydrogen-bond donors (Lipinski definition) is 1. The molecule has 0 heterocycles. The fraction of sp³-hybridized carbons (Fsp3) is 0.394. The number of anilines is 1. The van der Waals surface area contributed by atoms with Gasteiger partial charge in [0.2, 0.25) is 11.8 Å². The molecule has 0 bridgehead atoms. The Morgan fingerprint density at radius 1 is 0.932 bits per heavy atom. The van der Waals surface area contributed by atoms with Gasteiger partial charge < -0.3 is 19.7 Å². The monoisotopic (exact) mass is 625 g/mol. The first-order valence-electron chi connectivity index (χ1n) is 14.7. The van der Waals surface area contributed by atoms with Crippen LogP contribution in [0.25, 0.3) is 0 Å². The molecule has 1 aliphatic carbocycles. The normalized spacial score (nSPS) is 14.4. The van der Waals surface area contributed by atoms with Crippen LogP contribution in [0.15, 0.2) is 71.6 Å². The number of carbonyl (C=O) groups is 2. The topological polar surface area (TPSA) is 105 Å². The van der Waals surface area contributed by atoms with Crippen molar-refractivity contribution < 1.29 is 31.9 Å². The summed E-state index contributed by atoms with van der Waals surface area (Å²) in [6.45, 7) is 2.84. The number of rotatable bonds is 12. The summed E-state index contributed by atoms with van der Waals surface area (Å²) in [5.41, 5.74) is 1.65. The average Bonchev–Trinajstić information content (AvgIpc) is 3.03. The largest absolute Gasteiger partial charge is 0.493 e. The van der Waals surface area contributed by atoms with Gasteiger partial charge in [-0.3, -0.25) is 13.9 Å². The standard InChI is InChI=1S/C33H40FN3O6S/c1-23-10-17-29(18-11-23)44(40,41)37(28-16-19-30(42-3)31(20-28)43-4)22-32(38)36(21-25-12-14-26(34)15-13-25)24(2)33(39)35-27-8-6-5-7-9-27/h10-20,24,27H,5-9,21-22H2,1-4H3,(H,35,39). The summed E-state index contributed by atoms with van der Waals surface area (Å²) in [6.07, 6.45) is 4.90. The van der Waals surface area contributed by atoms with Crippen molar-refractivity contribution in [3.63, 3.8) is 0 Å². The zero-order chi connectivity index (χ0) is 31.9. The molecule has 0 radical (unpaired) electrons. The highest BCUT2D eigenvalue weighted by atomic mass is 32.2. The number of nitrogens with zero attached hydrogens (tertiary/aromatic N) is 2. The Morgan fingerprint density at radius 2 is 1.57 bits per heavy atom. The summed E-state index contributed by atoms with van der Waals surface area (Å²) in [6, 6.07) is 15.6. The Labute approximate surface area is 259 Å². The van der Waals surface area contributed by atoms with E-state index in [9.17, 15) is 22.4 Å². The molecule has 1 atom stereocenters. The summed E-state index contributed by atoms with van der Waals surface area (Å²) in [7, 11) is -1.35. The molecule has 3 aromatic carbocycles. The van der Waals surface area contributed by atoms with Crippen LogP contribution >= 0.6 is 0 Å². The summed E-state index contributed by atoms with van der Waals surface area (Å²) in [5, 5.41) is 3.07. The van der Waals surface area contributed by atoms with E-state index in [0.717, 1.165) is 42.0 Å². The maximum Gasteiger partial charge on any atom is 0.264 e. The van der Waals surface area contributed by atoms with E-state index in [1.54, 1.807) is 25.1 Å². The number of benzene rings is 3. The Balaban J connectivity index is 1.72. The third-order valence-electron chi connectivity index (χ3n) is 7.93. The molecule has 1 N–H and O–H groups in total. The van der Waals surface area contributed by atoms with Crippen molar-refractivity contribution in [3.05, 3.63) is 83.7 Å². The van der Waals surface area contributed by atoms with Crippen LogP contribution in [0.2, 0.25) is 0 Å². The number of sulfonamides is 1. The Hall–Kier alpha value is -4.12. The zero-order valence-electron chi connectivity index (χ0n) is 25.6. The number of methoxy groups -OCH3 is 2. The molecule has 0 spiro atoms. The maximum absolute atomic E-state index is 14.2. The van der Waals surface area contributed by atoms with Crippen molar-refractivity contribution in [1.82, 2.24) is 10.2 Å². The van der Waals surface area contributed by atoms with Gasteiger partial charge in [0, 0.05) is 18.7 Å². The molecule has 1 saturated carbocycles. The lowest BCUT2D eigenvalue weighted by Gasteiger charge is -2.33. The first kappa shape index (κ1) is 32.8. The van der Waals surface area contributed by atoms with E-state index >= 15 is 0 Å². The second kappa shape index (κ2) is 14.6. The highest BCUT2D eigenvalue weighted by Gasteiger charge is 2.33. The Morgan fingerprint density at radius 3 is 2.18 bits per heavy atom. The molecule has 2 amide bonds. The SMILES string of the molecule is COc1ccc(N(CC(=O)N(Cc2ccc(F)cc2)C(C)C(=O)NC2CCCCC2)S(=O)(=O)c2ccc(C)cc2)cc1OC. The first-order chi connectivity index (χ1) is 21.0. The van der Waals surface area contributed by atoms with E-state index in [-0.39, 0.29) is 34.8 Å². The lowest BCUT2D eigenvalue weighted by Crippen LogP contribution is -2.53. The van der Waals surface area contributed by atoms with Gasteiger partial charge in [0.15, 0.2) is 11.5 Å². The van der Waals surface area contributed by atoms with E-state index in [1.165, 1.54) is 67.7 Å². The van der Waals surface area contributed by atoms with Crippen LogP contribution in [0.1, 0.15) is 50.2 Å². The molecule has 1 unspecified atom stereocenters. The Bertz CT molecular complexity index is 1540. The molecule has 44 heavy (non-hydrogen) atoms. The number of amides is 2. The van der Waals surface area contributed by atoms with Crippen molar-refractivity contribution in [1.29, 1.82) is 0 Å². The summed E-state index contributed by atoms with van der Waals surface area (Å²) < 4.78 is 53.6. The van der Waals surface area contributed by atoms with Crippen molar-refractivity contribution in [2.75, 3.05) is 25.1 Å². The van der Waals surface area contributed by atoms with E-state index < -0.39 is 34.3 Å². The lowest BCUT2D eigenvalue weighted by atomic mass is 9.95. The minimum Gasteiger partial charge on any atom is -0.493 e. The van der Waals surface area contributed by atoms with Gasteiger partial charge in [-0.25, -0.2) is 12.8 Å². The predicted molar refractivity (Wildman–Crippen MR) is 167 cm³/mol. The molecular formula is C33H40FN3O6S. The second-order valence-corrected chi connectivity index (χ2v) is 12.9. The van der Waals surface area contributed by atoms with Gasteiger partial charge in [-0.1, -0.05) is 49.1 Å². The number of carbonyl (C=O) groups excluding carboxylic acids is 2. The minimum absolute atomic E-state index is 0.00106. The smallest absolute Gasteiger partial charge is 0.264 e. The van der Waals surface area contributed by atoms with Gasteiger partial charge >= 0.3 is 0 Å². The van der Waals surface area contributed by atoms with Crippen LogP contribution in [0.4, 0.5) is 10.1 Å².